The van der Waals surface area contributed by atoms with Crippen molar-refractivity contribution in [3.05, 3.63) is 27.9 Å². The number of H-pyrrole nitrogens is 1. The summed E-state index contributed by atoms with van der Waals surface area (Å²) >= 11 is 0. The highest BCUT2D eigenvalue weighted by Crippen LogP contribution is 1.91. The third kappa shape index (κ3) is 2.14. The van der Waals surface area contributed by atoms with E-state index in [-0.39, 0.29) is 12.1 Å². The van der Waals surface area contributed by atoms with Gasteiger partial charge in [0.15, 0.2) is 0 Å². The number of hydrogen-bond donors (Lipinski definition) is 2. The van der Waals surface area contributed by atoms with Gasteiger partial charge in [0, 0.05) is 19.7 Å². The Kier molecular flexibility index (Phi) is 2.95. The van der Waals surface area contributed by atoms with Crippen molar-refractivity contribution in [2.45, 2.75) is 13.2 Å². The number of hydrogen-bond acceptors (Lipinski definition) is 4. The van der Waals surface area contributed by atoms with Gasteiger partial charge in [0.25, 0.3) is 5.56 Å². The molecular weight excluding hydrogens is 158 g/mol. The molecule has 0 atom stereocenters. The first kappa shape index (κ1) is 8.89. The Morgan fingerprint density at radius 3 is 3.08 bits per heavy atom. The van der Waals surface area contributed by atoms with Crippen molar-refractivity contribution in [2.24, 2.45) is 5.73 Å². The molecule has 0 fully saturated rings. The third-order valence-corrected chi connectivity index (χ3v) is 1.33. The molecule has 0 unspecified atom stereocenters. The quantitative estimate of drug-likeness (QED) is 0.631. The lowest BCUT2D eigenvalue weighted by Crippen LogP contribution is -2.15. The van der Waals surface area contributed by atoms with Gasteiger partial charge in [-0.1, -0.05) is 0 Å². The van der Waals surface area contributed by atoms with E-state index in [2.05, 4.69) is 9.97 Å². The molecule has 0 spiro atoms. The number of aromatic nitrogens is 2. The summed E-state index contributed by atoms with van der Waals surface area (Å²) in [7, 11) is 1.54. The van der Waals surface area contributed by atoms with Crippen LogP contribution in [0.5, 0.6) is 0 Å². The fourth-order valence-corrected chi connectivity index (χ4v) is 0.873. The van der Waals surface area contributed by atoms with Crippen molar-refractivity contribution in [3.8, 4) is 0 Å². The monoisotopic (exact) mass is 169 g/mol. The minimum Gasteiger partial charge on any atom is -0.377 e. The molecule has 0 aromatic carbocycles. The maximum Gasteiger partial charge on any atom is 0.251 e. The van der Waals surface area contributed by atoms with Crippen LogP contribution in [0, 0.1) is 0 Å². The van der Waals surface area contributed by atoms with Crippen LogP contribution >= 0.6 is 0 Å². The van der Waals surface area contributed by atoms with E-state index in [0.717, 1.165) is 0 Å². The summed E-state index contributed by atoms with van der Waals surface area (Å²) in [6.45, 7) is 0.559. The van der Waals surface area contributed by atoms with E-state index in [9.17, 15) is 4.79 Å². The SMILES string of the molecule is COCc1nc(CN)cc(=O)[nH]1. The number of nitrogens with two attached hydrogens (primary N) is 1. The van der Waals surface area contributed by atoms with Gasteiger partial charge in [-0.05, 0) is 0 Å². The van der Waals surface area contributed by atoms with E-state index >= 15 is 0 Å². The van der Waals surface area contributed by atoms with Crippen LogP contribution < -0.4 is 11.3 Å². The van der Waals surface area contributed by atoms with Crippen LogP contribution in [0.15, 0.2) is 10.9 Å². The van der Waals surface area contributed by atoms with Crippen molar-refractivity contribution in [2.75, 3.05) is 7.11 Å². The van der Waals surface area contributed by atoms with Crippen molar-refractivity contribution in [1.82, 2.24) is 9.97 Å². The van der Waals surface area contributed by atoms with Crippen LogP contribution in [0.1, 0.15) is 11.5 Å². The summed E-state index contributed by atoms with van der Waals surface area (Å²) in [5, 5.41) is 0. The molecule has 0 aliphatic carbocycles. The molecule has 3 N–H and O–H groups in total. The third-order valence-electron chi connectivity index (χ3n) is 1.33. The first-order valence-corrected chi connectivity index (χ1v) is 3.54. The number of methoxy groups -OCH3 is 1. The summed E-state index contributed by atoms with van der Waals surface area (Å²) in [6.07, 6.45) is 0. The van der Waals surface area contributed by atoms with Crippen molar-refractivity contribution >= 4 is 0 Å². The second kappa shape index (κ2) is 3.99. The highest BCUT2D eigenvalue weighted by Gasteiger charge is 1.98. The standard InChI is InChI=1S/C7H11N3O2/c1-12-4-6-9-5(3-8)2-7(11)10-6/h2H,3-4,8H2,1H3,(H,9,10,11). The average Bonchev–Trinajstić information content (AvgIpc) is 2.04. The lowest BCUT2D eigenvalue weighted by Gasteiger charge is -2.00. The molecule has 5 heteroatoms. The number of nitrogens with zero attached hydrogens (tertiary/aromatic N) is 1. The zero-order valence-corrected chi connectivity index (χ0v) is 6.83. The minimum atomic E-state index is -0.197. The van der Waals surface area contributed by atoms with Gasteiger partial charge in [-0.25, -0.2) is 4.98 Å². The van der Waals surface area contributed by atoms with Crippen LogP contribution in [0.25, 0.3) is 0 Å². The molecule has 0 amide bonds. The molecule has 5 nitrogen and oxygen atoms in total. The Labute approximate surface area is 69.6 Å². The molecule has 1 aromatic rings. The lowest BCUT2D eigenvalue weighted by molar-refractivity contribution is 0.177. The second-order valence-corrected chi connectivity index (χ2v) is 2.32. The van der Waals surface area contributed by atoms with Crippen molar-refractivity contribution in [3.63, 3.8) is 0 Å². The molecule has 0 bridgehead atoms. The highest BCUT2D eigenvalue weighted by molar-refractivity contribution is 5.01. The largest absolute Gasteiger partial charge is 0.377 e. The van der Waals surface area contributed by atoms with E-state index in [0.29, 0.717) is 18.1 Å². The predicted molar refractivity (Wildman–Crippen MR) is 43.5 cm³/mol. The Balaban J connectivity index is 2.98. The number of ether oxygens (including phenoxy) is 1. The minimum absolute atomic E-state index is 0.197. The Hall–Kier alpha value is -1.20. The van der Waals surface area contributed by atoms with Crippen LogP contribution in [-0.4, -0.2) is 17.1 Å². The molecule has 0 radical (unpaired) electrons. The predicted octanol–water partition coefficient (Wildman–Crippen LogP) is -0.625. The summed E-state index contributed by atoms with van der Waals surface area (Å²) in [6, 6.07) is 1.37. The Morgan fingerprint density at radius 2 is 2.50 bits per heavy atom. The lowest BCUT2D eigenvalue weighted by atomic mass is 10.4. The van der Waals surface area contributed by atoms with Gasteiger partial charge in [-0.15, -0.1) is 0 Å². The highest BCUT2D eigenvalue weighted by atomic mass is 16.5. The molecular formula is C7H11N3O2. The first-order valence-electron chi connectivity index (χ1n) is 3.54. The van der Waals surface area contributed by atoms with Crippen LogP contribution in [0.3, 0.4) is 0 Å². The zero-order chi connectivity index (χ0) is 8.97. The molecule has 0 saturated heterocycles. The Bertz CT molecular complexity index is 308. The van der Waals surface area contributed by atoms with Crippen LogP contribution in [-0.2, 0) is 17.9 Å². The number of nitrogens with one attached hydrogen (secondary N) is 1. The number of rotatable bonds is 3. The first-order chi connectivity index (χ1) is 5.76. The number of aromatic amines is 1. The van der Waals surface area contributed by atoms with Gasteiger partial charge in [-0.3, -0.25) is 4.79 Å². The van der Waals surface area contributed by atoms with E-state index < -0.39 is 0 Å². The summed E-state index contributed by atoms with van der Waals surface area (Å²) < 4.78 is 4.81. The average molecular weight is 169 g/mol. The van der Waals surface area contributed by atoms with E-state index in [1.54, 1.807) is 0 Å². The smallest absolute Gasteiger partial charge is 0.251 e. The van der Waals surface area contributed by atoms with Crippen LogP contribution in [0.4, 0.5) is 0 Å². The molecule has 0 aliphatic rings. The van der Waals surface area contributed by atoms with Crippen molar-refractivity contribution in [1.29, 1.82) is 0 Å². The van der Waals surface area contributed by atoms with Gasteiger partial charge in [-0.2, -0.15) is 0 Å². The summed E-state index contributed by atoms with van der Waals surface area (Å²) in [5.41, 5.74) is 5.71. The maximum absolute atomic E-state index is 10.9. The van der Waals surface area contributed by atoms with Crippen LogP contribution in [0.2, 0.25) is 0 Å². The summed E-state index contributed by atoms with van der Waals surface area (Å²) in [4.78, 5) is 17.5. The fraction of sp³-hybridized carbons (Fsp3) is 0.429. The molecule has 12 heavy (non-hydrogen) atoms. The van der Waals surface area contributed by atoms with E-state index in [4.69, 9.17) is 10.5 Å². The molecule has 0 saturated carbocycles. The molecule has 1 aromatic heterocycles. The fourth-order valence-electron chi connectivity index (χ4n) is 0.873. The van der Waals surface area contributed by atoms with Gasteiger partial charge in [0.05, 0.1) is 5.69 Å². The zero-order valence-electron chi connectivity index (χ0n) is 6.83. The normalized spacial score (nSPS) is 10.2. The van der Waals surface area contributed by atoms with Gasteiger partial charge in [0.2, 0.25) is 0 Å². The molecule has 0 aliphatic heterocycles. The van der Waals surface area contributed by atoms with Gasteiger partial charge >= 0.3 is 0 Å². The van der Waals surface area contributed by atoms with E-state index in [1.807, 2.05) is 0 Å². The maximum atomic E-state index is 10.9. The molecule has 1 heterocycles. The van der Waals surface area contributed by atoms with E-state index in [1.165, 1.54) is 13.2 Å². The van der Waals surface area contributed by atoms with Crippen molar-refractivity contribution < 1.29 is 4.74 Å². The topological polar surface area (TPSA) is 81.0 Å². The second-order valence-electron chi connectivity index (χ2n) is 2.32. The summed E-state index contributed by atoms with van der Waals surface area (Å²) in [5.74, 6) is 0.505. The molecule has 66 valence electrons. The van der Waals surface area contributed by atoms with Gasteiger partial charge in [0.1, 0.15) is 12.4 Å². The Morgan fingerprint density at radius 1 is 1.75 bits per heavy atom. The molecule has 1 rings (SSSR count). The van der Waals surface area contributed by atoms with Gasteiger partial charge < -0.3 is 15.5 Å².